The molecule has 0 aliphatic heterocycles. The molecule has 102 valence electrons. The maximum atomic E-state index is 11.7. The molecule has 0 fully saturated rings. The lowest BCUT2D eigenvalue weighted by Gasteiger charge is -2.25. The summed E-state index contributed by atoms with van der Waals surface area (Å²) in [6, 6.07) is 6.78. The van der Waals surface area contributed by atoms with Crippen LogP contribution in [0.3, 0.4) is 0 Å². The number of aliphatic hydroxyl groups is 1. The van der Waals surface area contributed by atoms with Gasteiger partial charge in [-0.1, -0.05) is 12.1 Å². The molecule has 1 aromatic carbocycles. The van der Waals surface area contributed by atoms with Crippen LogP contribution in [0.2, 0.25) is 0 Å². The quantitative estimate of drug-likeness (QED) is 0.785. The third-order valence-corrected chi connectivity index (χ3v) is 3.68. The molecule has 6 heteroatoms. The molecule has 5 nitrogen and oxygen atoms in total. The highest BCUT2D eigenvalue weighted by Gasteiger charge is 2.17. The second-order valence-electron chi connectivity index (χ2n) is 3.94. The Morgan fingerprint density at radius 3 is 2.50 bits per heavy atom. The van der Waals surface area contributed by atoms with Crippen LogP contribution in [0.15, 0.2) is 29.2 Å². The molecule has 1 rings (SSSR count). The molecule has 0 unspecified atom stereocenters. The van der Waals surface area contributed by atoms with Gasteiger partial charge in [0, 0.05) is 26.5 Å². The van der Waals surface area contributed by atoms with E-state index in [2.05, 4.69) is 0 Å². The highest BCUT2D eigenvalue weighted by Crippen LogP contribution is 2.24. The summed E-state index contributed by atoms with van der Waals surface area (Å²) in [6.45, 7) is 1.33. The molecule has 0 amide bonds. The smallest absolute Gasteiger partial charge is 0.177 e. The highest BCUT2D eigenvalue weighted by atomic mass is 32.2. The van der Waals surface area contributed by atoms with E-state index in [1.807, 2.05) is 0 Å². The van der Waals surface area contributed by atoms with Crippen LogP contribution in [0.4, 0.5) is 5.69 Å². The van der Waals surface area contributed by atoms with Gasteiger partial charge in [-0.2, -0.15) is 0 Å². The van der Waals surface area contributed by atoms with E-state index >= 15 is 0 Å². The van der Waals surface area contributed by atoms with Crippen molar-refractivity contribution in [2.75, 3.05) is 44.6 Å². The Morgan fingerprint density at radius 1 is 1.28 bits per heavy atom. The van der Waals surface area contributed by atoms with Crippen molar-refractivity contribution in [1.82, 2.24) is 0 Å². The number of anilines is 1. The maximum absolute atomic E-state index is 11.7. The first kappa shape index (κ1) is 14.9. The molecular formula is C12H19NO4S. The van der Waals surface area contributed by atoms with Crippen molar-refractivity contribution in [2.24, 2.45) is 0 Å². The molecular weight excluding hydrogens is 254 g/mol. The fraction of sp³-hybridized carbons (Fsp3) is 0.500. The van der Waals surface area contributed by atoms with Crippen molar-refractivity contribution < 1.29 is 18.3 Å². The Hall–Kier alpha value is -1.11. The van der Waals surface area contributed by atoms with E-state index in [4.69, 9.17) is 9.84 Å². The van der Waals surface area contributed by atoms with E-state index in [0.717, 1.165) is 0 Å². The number of hydrogen-bond acceptors (Lipinski definition) is 5. The summed E-state index contributed by atoms with van der Waals surface area (Å²) in [5.41, 5.74) is 0.603. The van der Waals surface area contributed by atoms with Crippen molar-refractivity contribution in [3.63, 3.8) is 0 Å². The third-order valence-electron chi connectivity index (χ3n) is 2.54. The number of aliphatic hydroxyl groups excluding tert-OH is 1. The first-order valence-corrected chi connectivity index (χ1v) is 7.53. The molecule has 0 atom stereocenters. The zero-order valence-corrected chi connectivity index (χ0v) is 11.5. The minimum atomic E-state index is -3.29. The van der Waals surface area contributed by atoms with E-state index in [0.29, 0.717) is 25.4 Å². The molecule has 0 aliphatic rings. The van der Waals surface area contributed by atoms with Crippen LogP contribution < -0.4 is 4.90 Å². The number of methoxy groups -OCH3 is 1. The second kappa shape index (κ2) is 6.72. The fourth-order valence-electron chi connectivity index (χ4n) is 1.71. The lowest BCUT2D eigenvalue weighted by molar-refractivity contribution is 0.202. The number of rotatable bonds is 7. The van der Waals surface area contributed by atoms with Crippen LogP contribution in [-0.4, -0.2) is 53.2 Å². The van der Waals surface area contributed by atoms with Crippen molar-refractivity contribution in [2.45, 2.75) is 4.90 Å². The number of para-hydroxylation sites is 1. The predicted molar refractivity (Wildman–Crippen MR) is 70.7 cm³/mol. The molecule has 0 radical (unpaired) electrons. The van der Waals surface area contributed by atoms with Gasteiger partial charge in [0.05, 0.1) is 23.8 Å². The van der Waals surface area contributed by atoms with Gasteiger partial charge >= 0.3 is 0 Å². The molecule has 0 bridgehead atoms. The summed E-state index contributed by atoms with van der Waals surface area (Å²) < 4.78 is 28.4. The van der Waals surface area contributed by atoms with Gasteiger partial charge in [-0.3, -0.25) is 0 Å². The topological polar surface area (TPSA) is 66.8 Å². The Morgan fingerprint density at radius 2 is 1.94 bits per heavy atom. The van der Waals surface area contributed by atoms with Gasteiger partial charge in [0.15, 0.2) is 9.84 Å². The zero-order valence-electron chi connectivity index (χ0n) is 10.7. The van der Waals surface area contributed by atoms with Gasteiger partial charge in [0.2, 0.25) is 0 Å². The first-order valence-electron chi connectivity index (χ1n) is 5.64. The summed E-state index contributed by atoms with van der Waals surface area (Å²) in [7, 11) is -1.70. The van der Waals surface area contributed by atoms with E-state index in [9.17, 15) is 8.42 Å². The minimum Gasteiger partial charge on any atom is -0.395 e. The van der Waals surface area contributed by atoms with Crippen LogP contribution in [0.1, 0.15) is 0 Å². The van der Waals surface area contributed by atoms with Crippen LogP contribution >= 0.6 is 0 Å². The normalized spacial score (nSPS) is 11.5. The van der Waals surface area contributed by atoms with Crippen LogP contribution in [0, 0.1) is 0 Å². The van der Waals surface area contributed by atoms with Gasteiger partial charge in [-0.05, 0) is 12.1 Å². The lowest BCUT2D eigenvalue weighted by atomic mass is 10.3. The Kier molecular flexibility index (Phi) is 5.58. The van der Waals surface area contributed by atoms with Crippen molar-refractivity contribution in [1.29, 1.82) is 0 Å². The monoisotopic (exact) mass is 273 g/mol. The van der Waals surface area contributed by atoms with Gasteiger partial charge < -0.3 is 14.7 Å². The van der Waals surface area contributed by atoms with Gasteiger partial charge in [0.1, 0.15) is 0 Å². The fourth-order valence-corrected chi connectivity index (χ4v) is 2.61. The predicted octanol–water partition coefficient (Wildman–Crippen LogP) is 0.535. The Balaban J connectivity index is 3.11. The van der Waals surface area contributed by atoms with Gasteiger partial charge in [0.25, 0.3) is 0 Å². The SMILES string of the molecule is COCCN(CCO)c1ccccc1S(C)(=O)=O. The Labute approximate surface area is 108 Å². The van der Waals surface area contributed by atoms with Gasteiger partial charge in [-0.25, -0.2) is 8.42 Å². The van der Waals surface area contributed by atoms with E-state index in [-0.39, 0.29) is 11.5 Å². The average molecular weight is 273 g/mol. The molecule has 18 heavy (non-hydrogen) atoms. The number of sulfone groups is 1. The van der Waals surface area contributed by atoms with Crippen LogP contribution in [0.5, 0.6) is 0 Å². The summed E-state index contributed by atoms with van der Waals surface area (Å²) in [4.78, 5) is 2.08. The van der Waals surface area contributed by atoms with Crippen LogP contribution in [-0.2, 0) is 14.6 Å². The summed E-state index contributed by atoms with van der Waals surface area (Å²) in [5, 5.41) is 9.06. The molecule has 0 aromatic heterocycles. The molecule has 0 heterocycles. The third kappa shape index (κ3) is 3.97. The lowest BCUT2D eigenvalue weighted by Crippen LogP contribution is -2.31. The summed E-state index contributed by atoms with van der Waals surface area (Å²) in [6.07, 6.45) is 1.18. The van der Waals surface area contributed by atoms with Crippen LogP contribution in [0.25, 0.3) is 0 Å². The van der Waals surface area contributed by atoms with Gasteiger partial charge in [-0.15, -0.1) is 0 Å². The van der Waals surface area contributed by atoms with E-state index in [1.54, 1.807) is 36.3 Å². The maximum Gasteiger partial charge on any atom is 0.177 e. The van der Waals surface area contributed by atoms with Crippen molar-refractivity contribution in [3.8, 4) is 0 Å². The molecule has 1 aromatic rings. The largest absolute Gasteiger partial charge is 0.395 e. The van der Waals surface area contributed by atoms with Crippen molar-refractivity contribution >= 4 is 15.5 Å². The molecule has 0 aliphatic carbocycles. The molecule has 0 saturated heterocycles. The number of hydrogen-bond donors (Lipinski definition) is 1. The standard InChI is InChI=1S/C12H19NO4S/c1-17-10-8-13(7-9-14)11-5-3-4-6-12(11)18(2,15)16/h3-6,14H,7-10H2,1-2H3. The Bertz CT molecular complexity index is 473. The highest BCUT2D eigenvalue weighted by molar-refractivity contribution is 7.90. The molecule has 1 N–H and O–H groups in total. The minimum absolute atomic E-state index is 0.0399. The first-order chi connectivity index (χ1) is 8.50. The van der Waals surface area contributed by atoms with E-state index < -0.39 is 9.84 Å². The number of nitrogens with zero attached hydrogens (tertiary/aromatic N) is 1. The zero-order chi connectivity index (χ0) is 13.6. The summed E-state index contributed by atoms with van der Waals surface area (Å²) in [5.74, 6) is 0. The average Bonchev–Trinajstić information content (AvgIpc) is 2.33. The van der Waals surface area contributed by atoms with Crippen molar-refractivity contribution in [3.05, 3.63) is 24.3 Å². The number of ether oxygens (including phenoxy) is 1. The number of benzene rings is 1. The molecule has 0 saturated carbocycles. The second-order valence-corrected chi connectivity index (χ2v) is 5.93. The summed E-state index contributed by atoms with van der Waals surface area (Å²) >= 11 is 0. The molecule has 0 spiro atoms. The van der Waals surface area contributed by atoms with E-state index in [1.165, 1.54) is 6.26 Å².